The normalized spacial score (nSPS) is 10.8. The molecule has 0 aliphatic rings. The lowest BCUT2D eigenvalue weighted by Gasteiger charge is -1.96. The Labute approximate surface area is 96.5 Å². The summed E-state index contributed by atoms with van der Waals surface area (Å²) < 4.78 is 1.64. The quantitative estimate of drug-likeness (QED) is 0.645. The van der Waals surface area contributed by atoms with Gasteiger partial charge in [-0.3, -0.25) is 0 Å². The fraction of sp³-hybridized carbons (Fsp3) is 0. The van der Waals surface area contributed by atoms with Crippen molar-refractivity contribution < 1.29 is 0 Å². The van der Waals surface area contributed by atoms with Crippen LogP contribution >= 0.6 is 11.6 Å². The molecule has 0 aliphatic heterocycles. The third kappa shape index (κ3) is 1.44. The summed E-state index contributed by atoms with van der Waals surface area (Å²) in [6, 6.07) is 9.27. The van der Waals surface area contributed by atoms with Gasteiger partial charge in [-0.25, -0.2) is 9.50 Å². The van der Waals surface area contributed by atoms with Gasteiger partial charge in [-0.05, 0) is 18.2 Å². The van der Waals surface area contributed by atoms with E-state index in [1.54, 1.807) is 10.7 Å². The highest BCUT2D eigenvalue weighted by atomic mass is 35.5. The fourth-order valence-electron chi connectivity index (χ4n) is 1.54. The molecule has 0 saturated heterocycles. The minimum atomic E-state index is 0.702. The number of hydrogen-bond acceptors (Lipinski definition) is 3. The summed E-state index contributed by atoms with van der Waals surface area (Å²) in [5.74, 6) is 0. The van der Waals surface area contributed by atoms with E-state index in [1.807, 2.05) is 36.5 Å². The van der Waals surface area contributed by atoms with E-state index in [-0.39, 0.29) is 0 Å². The van der Waals surface area contributed by atoms with Gasteiger partial charge >= 0.3 is 0 Å². The van der Waals surface area contributed by atoms with Crippen molar-refractivity contribution in [3.8, 4) is 11.3 Å². The first-order chi connectivity index (χ1) is 7.84. The SMILES string of the molecule is Clc1ccc(-c2nnn3cccnc23)cc1. The second-order valence-electron chi connectivity index (χ2n) is 3.33. The van der Waals surface area contributed by atoms with Crippen LogP contribution < -0.4 is 0 Å². The predicted octanol–water partition coefficient (Wildman–Crippen LogP) is 2.44. The van der Waals surface area contributed by atoms with Gasteiger partial charge in [-0.15, -0.1) is 5.10 Å². The van der Waals surface area contributed by atoms with Gasteiger partial charge < -0.3 is 0 Å². The molecule has 1 aromatic carbocycles. The van der Waals surface area contributed by atoms with Gasteiger partial charge in [0.2, 0.25) is 0 Å². The third-order valence-corrected chi connectivity index (χ3v) is 2.55. The van der Waals surface area contributed by atoms with E-state index >= 15 is 0 Å². The maximum Gasteiger partial charge on any atom is 0.183 e. The van der Waals surface area contributed by atoms with Crippen LogP contribution in [0.25, 0.3) is 16.9 Å². The first-order valence-corrected chi connectivity index (χ1v) is 5.14. The molecule has 0 atom stereocenters. The van der Waals surface area contributed by atoms with Gasteiger partial charge in [0.25, 0.3) is 0 Å². The molecule has 0 fully saturated rings. The molecule has 16 heavy (non-hydrogen) atoms. The van der Waals surface area contributed by atoms with Crippen LogP contribution in [0.1, 0.15) is 0 Å². The summed E-state index contributed by atoms with van der Waals surface area (Å²) in [6.45, 7) is 0. The number of rotatable bonds is 1. The molecule has 0 radical (unpaired) electrons. The molecule has 0 amide bonds. The van der Waals surface area contributed by atoms with E-state index in [2.05, 4.69) is 15.3 Å². The summed E-state index contributed by atoms with van der Waals surface area (Å²) in [4.78, 5) is 4.24. The zero-order chi connectivity index (χ0) is 11.0. The summed E-state index contributed by atoms with van der Waals surface area (Å²) in [6.07, 6.45) is 3.53. The number of hydrogen-bond donors (Lipinski definition) is 0. The minimum Gasteiger partial charge on any atom is -0.235 e. The van der Waals surface area contributed by atoms with E-state index in [0.29, 0.717) is 5.02 Å². The van der Waals surface area contributed by atoms with Crippen molar-refractivity contribution in [3.63, 3.8) is 0 Å². The lowest BCUT2D eigenvalue weighted by atomic mass is 10.2. The van der Waals surface area contributed by atoms with Crippen LogP contribution in [0.3, 0.4) is 0 Å². The maximum atomic E-state index is 5.83. The van der Waals surface area contributed by atoms with Crippen molar-refractivity contribution in [3.05, 3.63) is 47.7 Å². The average molecular weight is 231 g/mol. The van der Waals surface area contributed by atoms with Gasteiger partial charge in [0.05, 0.1) is 0 Å². The molecule has 0 bridgehead atoms. The highest BCUT2D eigenvalue weighted by molar-refractivity contribution is 6.30. The van der Waals surface area contributed by atoms with Gasteiger partial charge in [-0.2, -0.15) is 0 Å². The number of fused-ring (bicyclic) bond motifs is 1. The fourth-order valence-corrected chi connectivity index (χ4v) is 1.66. The first kappa shape index (κ1) is 9.30. The molecular formula is C11H7ClN4. The standard InChI is InChI=1S/C11H7ClN4/c12-9-4-2-8(3-5-9)10-11-13-6-1-7-16(11)15-14-10/h1-7H. The Balaban J connectivity index is 2.22. The van der Waals surface area contributed by atoms with E-state index in [0.717, 1.165) is 16.9 Å². The van der Waals surface area contributed by atoms with Crippen molar-refractivity contribution in [2.75, 3.05) is 0 Å². The minimum absolute atomic E-state index is 0.702. The maximum absolute atomic E-state index is 5.83. The molecule has 4 nitrogen and oxygen atoms in total. The van der Waals surface area contributed by atoms with Crippen LogP contribution in [0.15, 0.2) is 42.7 Å². The summed E-state index contributed by atoms with van der Waals surface area (Å²) in [5.41, 5.74) is 2.46. The smallest absolute Gasteiger partial charge is 0.183 e. The molecule has 2 heterocycles. The Morgan fingerprint density at radius 1 is 1.12 bits per heavy atom. The van der Waals surface area contributed by atoms with Crippen LogP contribution in [0.2, 0.25) is 5.02 Å². The Morgan fingerprint density at radius 3 is 2.75 bits per heavy atom. The molecule has 0 N–H and O–H groups in total. The zero-order valence-electron chi connectivity index (χ0n) is 8.21. The van der Waals surface area contributed by atoms with Crippen molar-refractivity contribution in [1.82, 2.24) is 19.8 Å². The summed E-state index contributed by atoms with van der Waals surface area (Å²) in [7, 11) is 0. The topological polar surface area (TPSA) is 43.1 Å². The largest absolute Gasteiger partial charge is 0.235 e. The number of nitrogens with zero attached hydrogens (tertiary/aromatic N) is 4. The van der Waals surface area contributed by atoms with Gasteiger partial charge in [0.15, 0.2) is 5.65 Å². The Hall–Kier alpha value is -1.94. The third-order valence-electron chi connectivity index (χ3n) is 2.30. The molecule has 0 unspecified atom stereocenters. The molecule has 2 aromatic heterocycles. The first-order valence-electron chi connectivity index (χ1n) is 4.76. The van der Waals surface area contributed by atoms with Crippen molar-refractivity contribution in [2.45, 2.75) is 0 Å². The Morgan fingerprint density at radius 2 is 1.94 bits per heavy atom. The van der Waals surface area contributed by atoms with Gasteiger partial charge in [-0.1, -0.05) is 28.9 Å². The molecule has 0 saturated carbocycles. The number of aromatic nitrogens is 4. The number of benzene rings is 1. The van der Waals surface area contributed by atoms with E-state index in [1.165, 1.54) is 0 Å². The van der Waals surface area contributed by atoms with Crippen molar-refractivity contribution in [2.24, 2.45) is 0 Å². The lowest BCUT2D eigenvalue weighted by Crippen LogP contribution is -1.87. The van der Waals surface area contributed by atoms with Crippen LogP contribution in [0, 0.1) is 0 Å². The molecular weight excluding hydrogens is 224 g/mol. The summed E-state index contributed by atoms with van der Waals surface area (Å²) >= 11 is 5.83. The van der Waals surface area contributed by atoms with Crippen LogP contribution in [-0.2, 0) is 0 Å². The molecule has 0 spiro atoms. The molecule has 5 heteroatoms. The predicted molar refractivity (Wildman–Crippen MR) is 61.2 cm³/mol. The Bertz CT molecular complexity index is 630. The summed E-state index contributed by atoms with van der Waals surface area (Å²) in [5, 5.41) is 8.79. The van der Waals surface area contributed by atoms with Crippen LogP contribution in [-0.4, -0.2) is 19.8 Å². The van der Waals surface area contributed by atoms with E-state index < -0.39 is 0 Å². The average Bonchev–Trinajstić information content (AvgIpc) is 2.74. The van der Waals surface area contributed by atoms with Crippen LogP contribution in [0.4, 0.5) is 0 Å². The van der Waals surface area contributed by atoms with Crippen molar-refractivity contribution in [1.29, 1.82) is 0 Å². The molecule has 78 valence electrons. The highest BCUT2D eigenvalue weighted by Crippen LogP contribution is 2.21. The molecule has 0 aliphatic carbocycles. The Kier molecular flexibility index (Phi) is 2.08. The van der Waals surface area contributed by atoms with E-state index in [9.17, 15) is 0 Å². The second-order valence-corrected chi connectivity index (χ2v) is 3.77. The van der Waals surface area contributed by atoms with Gasteiger partial charge in [0.1, 0.15) is 5.69 Å². The monoisotopic (exact) mass is 230 g/mol. The lowest BCUT2D eigenvalue weighted by molar-refractivity contribution is 0.848. The van der Waals surface area contributed by atoms with E-state index in [4.69, 9.17) is 11.6 Å². The number of halogens is 1. The second kappa shape index (κ2) is 3.57. The van der Waals surface area contributed by atoms with Crippen LogP contribution in [0.5, 0.6) is 0 Å². The molecule has 3 rings (SSSR count). The zero-order valence-corrected chi connectivity index (χ0v) is 8.96. The van der Waals surface area contributed by atoms with Gasteiger partial charge in [0, 0.05) is 23.0 Å². The highest BCUT2D eigenvalue weighted by Gasteiger charge is 2.08. The van der Waals surface area contributed by atoms with Crippen molar-refractivity contribution >= 4 is 17.2 Å². The molecule has 3 aromatic rings.